The Kier molecular flexibility index (Phi) is 7.51. The summed E-state index contributed by atoms with van der Waals surface area (Å²) < 4.78 is 5.43. The minimum absolute atomic E-state index is 0.103. The molecule has 7 nitrogen and oxygen atoms in total. The molecule has 0 radical (unpaired) electrons. The summed E-state index contributed by atoms with van der Waals surface area (Å²) in [5.74, 6) is 0.815. The molecule has 1 aliphatic rings. The van der Waals surface area contributed by atoms with Gasteiger partial charge in [0.2, 0.25) is 11.8 Å². The number of nitrogens with one attached hydrogen (secondary N) is 4. The molecule has 4 N–H and O–H groups in total. The Labute approximate surface area is 174 Å². The molecular formula is C21H26N4O3S. The summed E-state index contributed by atoms with van der Waals surface area (Å²) in [6, 6.07) is 15.0. The Morgan fingerprint density at radius 3 is 2.66 bits per heavy atom. The quantitative estimate of drug-likeness (QED) is 0.529. The summed E-state index contributed by atoms with van der Waals surface area (Å²) in [4.78, 5) is 24.5. The molecule has 0 saturated carbocycles. The minimum atomic E-state index is -0.383. The van der Waals surface area contributed by atoms with Crippen molar-refractivity contribution >= 4 is 29.3 Å². The van der Waals surface area contributed by atoms with E-state index < -0.39 is 0 Å². The molecule has 2 aromatic rings. The van der Waals surface area contributed by atoms with E-state index in [9.17, 15) is 9.59 Å². The van der Waals surface area contributed by atoms with E-state index in [0.29, 0.717) is 13.0 Å². The molecule has 1 fully saturated rings. The van der Waals surface area contributed by atoms with Gasteiger partial charge in [-0.15, -0.1) is 11.8 Å². The summed E-state index contributed by atoms with van der Waals surface area (Å²) in [5, 5.41) is 5.75. The highest BCUT2D eigenvalue weighted by Crippen LogP contribution is 2.16. The topological polar surface area (TPSA) is 91.5 Å². The van der Waals surface area contributed by atoms with E-state index >= 15 is 0 Å². The minimum Gasteiger partial charge on any atom is -0.494 e. The van der Waals surface area contributed by atoms with Crippen LogP contribution in [-0.4, -0.2) is 35.7 Å². The fourth-order valence-electron chi connectivity index (χ4n) is 2.94. The highest BCUT2D eigenvalue weighted by molar-refractivity contribution is 8.00. The second-order valence-corrected chi connectivity index (χ2v) is 7.83. The maximum absolute atomic E-state index is 12.4. The number of carbonyl (C=O) groups is 2. The normalized spacial score (nSPS) is 18.8. The molecule has 0 spiro atoms. The standard InChI is InChI=1S/C21H26N4O3S/c1-3-28-17-9-7-15(8-10-17)12-18-20(27)23-21(25-24-18)29-13-19(26)22-16-6-4-5-14(2)11-16/h4-11,18,21,24-25H,3,12-13H2,1-2H3,(H,22,26)(H,23,27). The summed E-state index contributed by atoms with van der Waals surface area (Å²) >= 11 is 1.31. The highest BCUT2D eigenvalue weighted by Gasteiger charge is 2.27. The molecular weight excluding hydrogens is 388 g/mol. The van der Waals surface area contributed by atoms with Gasteiger partial charge in [-0.1, -0.05) is 24.3 Å². The summed E-state index contributed by atoms with van der Waals surface area (Å²) in [7, 11) is 0. The molecule has 1 saturated heterocycles. The number of ether oxygens (including phenoxy) is 1. The van der Waals surface area contributed by atoms with Crippen LogP contribution in [0, 0.1) is 6.92 Å². The van der Waals surface area contributed by atoms with Crippen molar-refractivity contribution in [1.82, 2.24) is 16.2 Å². The number of hydrogen-bond donors (Lipinski definition) is 4. The number of carbonyl (C=O) groups excluding carboxylic acids is 2. The number of amides is 2. The number of thioether (sulfide) groups is 1. The van der Waals surface area contributed by atoms with Crippen LogP contribution < -0.4 is 26.2 Å². The van der Waals surface area contributed by atoms with Crippen LogP contribution in [0.4, 0.5) is 5.69 Å². The number of hydrogen-bond acceptors (Lipinski definition) is 6. The highest BCUT2D eigenvalue weighted by atomic mass is 32.2. The van der Waals surface area contributed by atoms with Crippen LogP contribution in [-0.2, 0) is 16.0 Å². The second kappa shape index (κ2) is 10.3. The fourth-order valence-corrected chi connectivity index (χ4v) is 3.68. The fraction of sp³-hybridized carbons (Fsp3) is 0.333. The SMILES string of the molecule is CCOc1ccc(CC2NNC(SCC(=O)Nc3cccc(C)c3)NC2=O)cc1. The van der Waals surface area contributed by atoms with Crippen LogP contribution in [0.25, 0.3) is 0 Å². The maximum atomic E-state index is 12.4. The average Bonchev–Trinajstić information content (AvgIpc) is 2.70. The number of aryl methyl sites for hydroxylation is 1. The third kappa shape index (κ3) is 6.49. The average molecular weight is 415 g/mol. The Morgan fingerprint density at radius 1 is 1.17 bits per heavy atom. The first-order valence-electron chi connectivity index (χ1n) is 9.55. The zero-order chi connectivity index (χ0) is 20.6. The van der Waals surface area contributed by atoms with E-state index in [1.54, 1.807) is 0 Å². The molecule has 154 valence electrons. The van der Waals surface area contributed by atoms with Crippen LogP contribution in [0.3, 0.4) is 0 Å². The van der Waals surface area contributed by atoms with E-state index in [4.69, 9.17) is 4.74 Å². The van der Waals surface area contributed by atoms with Gasteiger partial charge >= 0.3 is 0 Å². The van der Waals surface area contributed by atoms with E-state index in [2.05, 4.69) is 21.5 Å². The molecule has 0 aromatic heterocycles. The Bertz CT molecular complexity index is 844. The number of hydrazine groups is 1. The van der Waals surface area contributed by atoms with Gasteiger partial charge in [0, 0.05) is 5.69 Å². The molecule has 29 heavy (non-hydrogen) atoms. The van der Waals surface area contributed by atoms with Crippen molar-refractivity contribution < 1.29 is 14.3 Å². The first-order chi connectivity index (χ1) is 14.0. The van der Waals surface area contributed by atoms with E-state index in [0.717, 1.165) is 22.6 Å². The van der Waals surface area contributed by atoms with Crippen molar-refractivity contribution in [2.45, 2.75) is 31.8 Å². The van der Waals surface area contributed by atoms with Crippen molar-refractivity contribution in [2.24, 2.45) is 0 Å². The number of rotatable bonds is 8. The van der Waals surface area contributed by atoms with Gasteiger partial charge in [0.25, 0.3) is 0 Å². The lowest BCUT2D eigenvalue weighted by Gasteiger charge is -2.31. The van der Waals surface area contributed by atoms with Crippen LogP contribution in [0.1, 0.15) is 18.1 Å². The Hall–Kier alpha value is -2.55. The molecule has 2 aromatic carbocycles. The van der Waals surface area contributed by atoms with Crippen LogP contribution in [0.15, 0.2) is 48.5 Å². The predicted octanol–water partition coefficient (Wildman–Crippen LogP) is 2.18. The van der Waals surface area contributed by atoms with Gasteiger partial charge in [0.15, 0.2) is 0 Å². The lowest BCUT2D eigenvalue weighted by molar-refractivity contribution is -0.125. The molecule has 3 rings (SSSR count). The lowest BCUT2D eigenvalue weighted by Crippen LogP contribution is -2.64. The zero-order valence-electron chi connectivity index (χ0n) is 16.5. The van der Waals surface area contributed by atoms with Gasteiger partial charge in [-0.25, -0.2) is 10.9 Å². The van der Waals surface area contributed by atoms with Gasteiger partial charge in [0.1, 0.15) is 17.3 Å². The van der Waals surface area contributed by atoms with E-state index in [1.807, 2.05) is 62.4 Å². The lowest BCUT2D eigenvalue weighted by atomic mass is 10.1. The van der Waals surface area contributed by atoms with Crippen molar-refractivity contribution in [1.29, 1.82) is 0 Å². The van der Waals surface area contributed by atoms with Gasteiger partial charge < -0.3 is 15.4 Å². The van der Waals surface area contributed by atoms with Crippen LogP contribution >= 0.6 is 11.8 Å². The van der Waals surface area contributed by atoms with Crippen LogP contribution in [0.5, 0.6) is 5.75 Å². The molecule has 0 bridgehead atoms. The first kappa shape index (κ1) is 21.2. The second-order valence-electron chi connectivity index (χ2n) is 6.74. The Morgan fingerprint density at radius 2 is 1.97 bits per heavy atom. The third-order valence-electron chi connectivity index (χ3n) is 4.34. The van der Waals surface area contributed by atoms with Crippen molar-refractivity contribution in [3.63, 3.8) is 0 Å². The first-order valence-corrected chi connectivity index (χ1v) is 10.6. The predicted molar refractivity (Wildman–Crippen MR) is 116 cm³/mol. The molecule has 2 amide bonds. The largest absolute Gasteiger partial charge is 0.494 e. The Balaban J connectivity index is 1.42. The molecule has 8 heteroatoms. The van der Waals surface area contributed by atoms with Crippen molar-refractivity contribution in [3.8, 4) is 5.75 Å². The van der Waals surface area contributed by atoms with Gasteiger partial charge in [-0.05, 0) is 55.7 Å². The molecule has 1 aliphatic heterocycles. The number of anilines is 1. The molecule has 2 unspecified atom stereocenters. The smallest absolute Gasteiger partial charge is 0.240 e. The molecule has 1 heterocycles. The summed E-state index contributed by atoms with van der Waals surface area (Å²) in [5.41, 5.74) is 8.61. The molecule has 2 atom stereocenters. The van der Waals surface area contributed by atoms with Crippen LogP contribution in [0.2, 0.25) is 0 Å². The van der Waals surface area contributed by atoms with Crippen molar-refractivity contribution in [2.75, 3.05) is 17.7 Å². The van der Waals surface area contributed by atoms with Gasteiger partial charge in [-0.2, -0.15) is 0 Å². The zero-order valence-corrected chi connectivity index (χ0v) is 17.3. The summed E-state index contributed by atoms with van der Waals surface area (Å²) in [6.07, 6.45) is 0.552. The van der Waals surface area contributed by atoms with E-state index in [1.165, 1.54) is 11.8 Å². The number of benzene rings is 2. The third-order valence-corrected chi connectivity index (χ3v) is 5.33. The monoisotopic (exact) mass is 414 g/mol. The van der Waals surface area contributed by atoms with Crippen molar-refractivity contribution in [3.05, 3.63) is 59.7 Å². The van der Waals surface area contributed by atoms with E-state index in [-0.39, 0.29) is 29.1 Å². The van der Waals surface area contributed by atoms with Gasteiger partial charge in [0.05, 0.1) is 12.4 Å². The van der Waals surface area contributed by atoms with Gasteiger partial charge in [-0.3, -0.25) is 9.59 Å². The summed E-state index contributed by atoms with van der Waals surface area (Å²) in [6.45, 7) is 4.54. The maximum Gasteiger partial charge on any atom is 0.240 e. The molecule has 0 aliphatic carbocycles.